The molecule has 0 aliphatic carbocycles. The Morgan fingerprint density at radius 2 is 2.43 bits per heavy atom. The molecule has 1 rings (SSSR count). The van der Waals surface area contributed by atoms with Gasteiger partial charge in [0.2, 0.25) is 0 Å². The summed E-state index contributed by atoms with van der Waals surface area (Å²) in [6, 6.07) is 0. The first kappa shape index (κ1) is 7.62. The summed E-state index contributed by atoms with van der Waals surface area (Å²) in [6.45, 7) is 4.52. The van der Waals surface area contributed by atoms with Crippen molar-refractivity contribution in [3.05, 3.63) is 6.42 Å². The van der Waals surface area contributed by atoms with Crippen molar-refractivity contribution in [3.63, 3.8) is 0 Å². The van der Waals surface area contributed by atoms with Gasteiger partial charge in [-0.1, -0.05) is 6.92 Å². The Morgan fingerprint density at radius 1 is 1.71 bits per heavy atom. The molecule has 1 unspecified atom stereocenters. The van der Waals surface area contributed by atoms with Gasteiger partial charge in [-0.15, -0.1) is 6.54 Å². The number of hydrogen-bond acceptors (Lipinski definition) is 1. The summed E-state index contributed by atoms with van der Waals surface area (Å²) in [6.07, 6.45) is 2.29. The molecule has 0 spiro atoms. The van der Waals surface area contributed by atoms with E-state index in [9.17, 15) is 0 Å². The van der Waals surface area contributed by atoms with Gasteiger partial charge in [0.15, 0.2) is 0 Å². The van der Waals surface area contributed by atoms with Crippen LogP contribution < -0.4 is 5.32 Å². The smallest absolute Gasteiger partial charge is 0 e. The van der Waals surface area contributed by atoms with E-state index in [1.807, 2.05) is 0 Å². The summed E-state index contributed by atoms with van der Waals surface area (Å²) >= 11 is 0. The van der Waals surface area contributed by atoms with Gasteiger partial charge in [-0.05, 0) is 6.54 Å². The zero-order chi connectivity index (χ0) is 4.41. The Balaban J connectivity index is 0.000000360. The van der Waals surface area contributed by atoms with Crippen molar-refractivity contribution in [1.29, 1.82) is 0 Å². The molecule has 1 aliphatic heterocycles. The monoisotopic (exact) mass is 271 g/mol. The van der Waals surface area contributed by atoms with Gasteiger partial charge in [-0.3, -0.25) is 0 Å². The summed E-state index contributed by atoms with van der Waals surface area (Å²) in [4.78, 5) is 0. The van der Waals surface area contributed by atoms with Crippen LogP contribution in [0, 0.1) is 12.3 Å². The van der Waals surface area contributed by atoms with E-state index in [0.29, 0.717) is 0 Å². The van der Waals surface area contributed by atoms with Crippen LogP contribution in [-0.4, -0.2) is 13.1 Å². The average molecular weight is 270 g/mol. The molecule has 1 aliphatic rings. The molecule has 0 aromatic rings. The molecule has 1 N–H and O–H groups in total. The van der Waals surface area contributed by atoms with Gasteiger partial charge in [-0.2, -0.15) is 5.92 Å². The van der Waals surface area contributed by atoms with Crippen molar-refractivity contribution in [1.82, 2.24) is 5.32 Å². The molecule has 0 saturated carbocycles. The van der Waals surface area contributed by atoms with Crippen molar-refractivity contribution in [2.24, 2.45) is 5.92 Å². The number of hydrogen-bond donors (Lipinski definition) is 1. The molecule has 1 fully saturated rings. The Labute approximate surface area is 58.5 Å². The average Bonchev–Trinajstić information content (AvgIpc) is 1.86. The Kier molecular flexibility index (Phi) is 3.92. The maximum atomic E-state index is 3.22. The minimum Gasteiger partial charge on any atom is -0.348 e. The maximum absolute atomic E-state index is 3.22. The van der Waals surface area contributed by atoms with Crippen LogP contribution in [-0.2, 0) is 20.4 Å². The first-order chi connectivity index (χ1) is 2.89. The van der Waals surface area contributed by atoms with Gasteiger partial charge < -0.3 is 11.7 Å². The van der Waals surface area contributed by atoms with E-state index in [1.165, 1.54) is 6.54 Å². The van der Waals surface area contributed by atoms with E-state index in [0.717, 1.165) is 12.5 Å². The van der Waals surface area contributed by atoms with E-state index in [1.54, 1.807) is 0 Å². The molecule has 1 saturated heterocycles. The Bertz CT molecular complexity index is 41.3. The summed E-state index contributed by atoms with van der Waals surface area (Å²) < 4.78 is 0. The van der Waals surface area contributed by atoms with Crippen LogP contribution in [0.1, 0.15) is 6.92 Å². The van der Waals surface area contributed by atoms with Crippen LogP contribution in [0.25, 0.3) is 0 Å². The third kappa shape index (κ3) is 2.44. The third-order valence-corrected chi connectivity index (χ3v) is 1.13. The van der Waals surface area contributed by atoms with E-state index < -0.39 is 0 Å². The predicted octanol–water partition coefficient (Wildman–Crippen LogP) is 0.427. The van der Waals surface area contributed by atoms with Gasteiger partial charge in [-0.25, -0.2) is 0 Å². The molecule has 0 bridgehead atoms. The minimum absolute atomic E-state index is 0. The topological polar surface area (TPSA) is 12.0 Å². The second kappa shape index (κ2) is 3.60. The fraction of sp³-hybridized carbons (Fsp3) is 0.800. The molecule has 7 heavy (non-hydrogen) atoms. The van der Waals surface area contributed by atoms with Crippen LogP contribution in [0.2, 0.25) is 0 Å². The molecule has 0 aromatic heterocycles. The molecule has 2 heteroatoms. The van der Waals surface area contributed by atoms with Crippen molar-refractivity contribution in [3.8, 4) is 0 Å². The van der Waals surface area contributed by atoms with Crippen molar-refractivity contribution < 1.29 is 20.4 Å². The standard InChI is InChI=1S/C5H10N.Re/c1-5-2-3-6-4-5;/h2,5-6H,3-4H2,1H3;/q-1;. The van der Waals surface area contributed by atoms with E-state index in [4.69, 9.17) is 0 Å². The normalized spacial score (nSPS) is 29.6. The second-order valence-corrected chi connectivity index (χ2v) is 1.87. The van der Waals surface area contributed by atoms with Gasteiger partial charge in [0, 0.05) is 20.4 Å². The fourth-order valence-corrected chi connectivity index (χ4v) is 0.679. The largest absolute Gasteiger partial charge is 0.348 e. The molecule has 1 atom stereocenters. The van der Waals surface area contributed by atoms with Gasteiger partial charge in [0.25, 0.3) is 0 Å². The van der Waals surface area contributed by atoms with Gasteiger partial charge in [0.1, 0.15) is 0 Å². The predicted molar refractivity (Wildman–Crippen MR) is 26.3 cm³/mol. The first-order valence-corrected chi connectivity index (χ1v) is 2.43. The molecular formula is C5H10NRe-. The van der Waals surface area contributed by atoms with Crippen LogP contribution in [0.4, 0.5) is 0 Å². The Morgan fingerprint density at radius 3 is 2.57 bits per heavy atom. The number of rotatable bonds is 0. The van der Waals surface area contributed by atoms with Crippen LogP contribution in [0.5, 0.6) is 0 Å². The quantitative estimate of drug-likeness (QED) is 0.629. The van der Waals surface area contributed by atoms with Crippen molar-refractivity contribution in [2.45, 2.75) is 6.92 Å². The molecule has 1 radical (unpaired) electrons. The van der Waals surface area contributed by atoms with Crippen LogP contribution >= 0.6 is 0 Å². The summed E-state index contributed by atoms with van der Waals surface area (Å²) in [5.41, 5.74) is 0. The zero-order valence-corrected chi connectivity index (χ0v) is 7.16. The SMILES string of the molecule is CC1[CH-]CNC1.[Re]. The number of nitrogens with one attached hydrogen (secondary N) is 1. The Hall–Kier alpha value is 0.622. The molecule has 1 nitrogen and oxygen atoms in total. The summed E-state index contributed by atoms with van der Waals surface area (Å²) in [5.74, 6) is 0.810. The van der Waals surface area contributed by atoms with Gasteiger partial charge >= 0.3 is 0 Å². The third-order valence-electron chi connectivity index (χ3n) is 1.13. The maximum Gasteiger partial charge on any atom is 0 e. The van der Waals surface area contributed by atoms with E-state index in [2.05, 4.69) is 18.7 Å². The zero-order valence-electron chi connectivity index (χ0n) is 4.45. The molecule has 0 aromatic carbocycles. The van der Waals surface area contributed by atoms with E-state index >= 15 is 0 Å². The van der Waals surface area contributed by atoms with Gasteiger partial charge in [0.05, 0.1) is 0 Å². The fourth-order valence-electron chi connectivity index (χ4n) is 0.679. The first-order valence-electron chi connectivity index (χ1n) is 2.43. The summed E-state index contributed by atoms with van der Waals surface area (Å²) in [7, 11) is 0. The summed E-state index contributed by atoms with van der Waals surface area (Å²) in [5, 5.41) is 3.22. The second-order valence-electron chi connectivity index (χ2n) is 1.87. The molecule has 1 heterocycles. The van der Waals surface area contributed by atoms with E-state index in [-0.39, 0.29) is 20.4 Å². The van der Waals surface area contributed by atoms with Crippen LogP contribution in [0.15, 0.2) is 0 Å². The van der Waals surface area contributed by atoms with Crippen LogP contribution in [0.3, 0.4) is 0 Å². The molecule has 43 valence electrons. The van der Waals surface area contributed by atoms with Crippen molar-refractivity contribution in [2.75, 3.05) is 13.1 Å². The molecule has 0 amide bonds. The minimum atomic E-state index is 0. The van der Waals surface area contributed by atoms with Crippen molar-refractivity contribution >= 4 is 0 Å². The molecular weight excluding hydrogens is 260 g/mol.